The van der Waals surface area contributed by atoms with Gasteiger partial charge in [-0.2, -0.15) is 0 Å². The molecule has 3 nitrogen and oxygen atoms in total. The summed E-state index contributed by atoms with van der Waals surface area (Å²) in [5.74, 6) is 4.05. The molecule has 4 saturated carbocycles. The lowest BCUT2D eigenvalue weighted by Gasteiger charge is -2.54. The number of rotatable bonds is 4. The van der Waals surface area contributed by atoms with Crippen molar-refractivity contribution in [2.24, 2.45) is 23.7 Å². The van der Waals surface area contributed by atoms with Gasteiger partial charge in [0.2, 0.25) is 5.91 Å². The minimum Gasteiger partial charge on any atom is -0.352 e. The highest BCUT2D eigenvalue weighted by atomic mass is 32.1. The van der Waals surface area contributed by atoms with Gasteiger partial charge in [-0.1, -0.05) is 13.8 Å². The molecule has 1 aromatic rings. The van der Waals surface area contributed by atoms with Gasteiger partial charge in [-0.15, -0.1) is 11.3 Å². The van der Waals surface area contributed by atoms with Gasteiger partial charge < -0.3 is 5.32 Å². The number of aromatic nitrogens is 1. The lowest BCUT2D eigenvalue weighted by Crippen LogP contribution is -2.56. The van der Waals surface area contributed by atoms with Crippen LogP contribution in [-0.4, -0.2) is 16.9 Å². The first kappa shape index (κ1) is 14.7. The molecular formula is C18H26N2OS. The molecule has 4 heteroatoms. The quantitative estimate of drug-likeness (QED) is 0.918. The van der Waals surface area contributed by atoms with Crippen molar-refractivity contribution in [3.8, 4) is 0 Å². The van der Waals surface area contributed by atoms with Crippen molar-refractivity contribution < 1.29 is 4.79 Å². The van der Waals surface area contributed by atoms with Gasteiger partial charge in [-0.25, -0.2) is 4.98 Å². The van der Waals surface area contributed by atoms with Crippen molar-refractivity contribution in [2.45, 2.75) is 64.3 Å². The Labute approximate surface area is 136 Å². The highest BCUT2D eigenvalue weighted by Gasteiger charge is 2.48. The van der Waals surface area contributed by atoms with Crippen molar-refractivity contribution in [3.63, 3.8) is 0 Å². The topological polar surface area (TPSA) is 42.0 Å². The van der Waals surface area contributed by atoms with E-state index in [1.807, 2.05) is 5.38 Å². The number of hydrogen-bond acceptors (Lipinski definition) is 3. The number of carbonyl (C=O) groups is 1. The van der Waals surface area contributed by atoms with Crippen molar-refractivity contribution in [2.75, 3.05) is 0 Å². The molecule has 4 fully saturated rings. The molecule has 22 heavy (non-hydrogen) atoms. The Balaban J connectivity index is 1.37. The molecule has 1 aromatic heterocycles. The summed E-state index contributed by atoms with van der Waals surface area (Å²) in [6.45, 7) is 4.30. The van der Waals surface area contributed by atoms with E-state index in [0.29, 0.717) is 18.4 Å². The predicted octanol–water partition coefficient (Wildman–Crippen LogP) is 3.75. The highest BCUT2D eigenvalue weighted by molar-refractivity contribution is 7.09. The van der Waals surface area contributed by atoms with Crippen LogP contribution in [-0.2, 0) is 11.2 Å². The number of hydrogen-bond donors (Lipinski definition) is 1. The predicted molar refractivity (Wildman–Crippen MR) is 88.9 cm³/mol. The standard InChI is InChI=1S/C18H26N2OS/c1-10(2)18-19-15(9-22-18)8-16(21)20-17-13-4-11-3-12(6-13)7-14(17)5-11/h9-14,17H,3-8H2,1-2H3,(H,20,21). The number of thiazole rings is 1. The Kier molecular flexibility index (Phi) is 3.75. The van der Waals surface area contributed by atoms with E-state index in [1.165, 1.54) is 32.1 Å². The average Bonchev–Trinajstić information content (AvgIpc) is 2.90. The van der Waals surface area contributed by atoms with E-state index in [1.54, 1.807) is 11.3 Å². The van der Waals surface area contributed by atoms with Crippen LogP contribution in [0.5, 0.6) is 0 Å². The molecule has 0 saturated heterocycles. The van der Waals surface area contributed by atoms with Crippen LogP contribution in [0.15, 0.2) is 5.38 Å². The summed E-state index contributed by atoms with van der Waals surface area (Å²) in [6, 6.07) is 0.448. The molecular weight excluding hydrogens is 292 g/mol. The summed E-state index contributed by atoms with van der Waals surface area (Å²) in [4.78, 5) is 17.0. The molecule has 0 aliphatic heterocycles. The first-order chi connectivity index (χ1) is 10.6. The molecule has 1 heterocycles. The second-order valence-corrected chi connectivity index (χ2v) is 8.92. The molecule has 4 aliphatic rings. The fraction of sp³-hybridized carbons (Fsp3) is 0.778. The molecule has 4 bridgehead atoms. The van der Waals surface area contributed by atoms with Gasteiger partial charge >= 0.3 is 0 Å². The third kappa shape index (κ3) is 2.70. The van der Waals surface area contributed by atoms with Gasteiger partial charge in [0, 0.05) is 17.3 Å². The summed E-state index contributed by atoms with van der Waals surface area (Å²) in [5, 5.41) is 6.56. The maximum absolute atomic E-state index is 12.4. The molecule has 0 radical (unpaired) electrons. The van der Waals surface area contributed by atoms with E-state index in [2.05, 4.69) is 24.1 Å². The lowest BCUT2D eigenvalue weighted by atomic mass is 9.54. The third-order valence-corrected chi connectivity index (χ3v) is 7.15. The van der Waals surface area contributed by atoms with E-state index >= 15 is 0 Å². The highest BCUT2D eigenvalue weighted by Crippen LogP contribution is 2.53. The van der Waals surface area contributed by atoms with Crippen LogP contribution in [0.25, 0.3) is 0 Å². The molecule has 4 aliphatic carbocycles. The number of carbonyl (C=O) groups excluding carboxylic acids is 1. The summed E-state index contributed by atoms with van der Waals surface area (Å²) in [5.41, 5.74) is 0.940. The van der Waals surface area contributed by atoms with Gasteiger partial charge in [-0.05, 0) is 55.8 Å². The molecule has 1 N–H and O–H groups in total. The zero-order valence-corrected chi connectivity index (χ0v) is 14.4. The van der Waals surface area contributed by atoms with Crippen LogP contribution >= 0.6 is 11.3 Å². The van der Waals surface area contributed by atoms with E-state index in [4.69, 9.17) is 0 Å². The molecule has 0 atom stereocenters. The molecule has 5 rings (SSSR count). The summed E-state index contributed by atoms with van der Waals surface area (Å²) in [6.07, 6.45) is 7.33. The zero-order chi connectivity index (χ0) is 15.3. The second kappa shape index (κ2) is 5.63. The van der Waals surface area contributed by atoms with Crippen molar-refractivity contribution in [3.05, 3.63) is 16.1 Å². The Morgan fingerprint density at radius 1 is 1.23 bits per heavy atom. The first-order valence-corrected chi connectivity index (χ1v) is 9.70. The van der Waals surface area contributed by atoms with Gasteiger partial charge in [0.05, 0.1) is 17.1 Å². The van der Waals surface area contributed by atoms with E-state index in [-0.39, 0.29) is 5.91 Å². The largest absolute Gasteiger partial charge is 0.352 e. The molecule has 120 valence electrons. The van der Waals surface area contributed by atoms with Gasteiger partial charge in [0.25, 0.3) is 0 Å². The van der Waals surface area contributed by atoms with Gasteiger partial charge in [0.1, 0.15) is 0 Å². The van der Waals surface area contributed by atoms with Crippen LogP contribution in [0.3, 0.4) is 0 Å². The average molecular weight is 318 g/mol. The van der Waals surface area contributed by atoms with Crippen molar-refractivity contribution in [1.82, 2.24) is 10.3 Å². The third-order valence-electron chi connectivity index (χ3n) is 5.96. The molecule has 0 unspecified atom stereocenters. The maximum atomic E-state index is 12.4. The van der Waals surface area contributed by atoms with Crippen LogP contribution in [0.1, 0.15) is 62.6 Å². The minimum atomic E-state index is 0.179. The molecule has 1 amide bonds. The minimum absolute atomic E-state index is 0.179. The Morgan fingerprint density at radius 2 is 1.86 bits per heavy atom. The van der Waals surface area contributed by atoms with E-state index in [9.17, 15) is 4.79 Å². The summed E-state index contributed by atoms with van der Waals surface area (Å²) >= 11 is 1.68. The summed E-state index contributed by atoms with van der Waals surface area (Å²) in [7, 11) is 0. The first-order valence-electron chi connectivity index (χ1n) is 8.82. The fourth-order valence-electron chi connectivity index (χ4n) is 5.23. The molecule has 0 spiro atoms. The lowest BCUT2D eigenvalue weighted by molar-refractivity contribution is -0.124. The maximum Gasteiger partial charge on any atom is 0.226 e. The van der Waals surface area contributed by atoms with E-state index in [0.717, 1.165) is 34.4 Å². The van der Waals surface area contributed by atoms with Crippen molar-refractivity contribution >= 4 is 17.2 Å². The second-order valence-electron chi connectivity index (χ2n) is 8.03. The SMILES string of the molecule is CC(C)c1nc(CC(=O)NC2C3CC4CC(C3)CC2C4)cs1. The van der Waals surface area contributed by atoms with Crippen LogP contribution in [0.2, 0.25) is 0 Å². The van der Waals surface area contributed by atoms with Gasteiger partial charge in [0.15, 0.2) is 0 Å². The zero-order valence-electron chi connectivity index (χ0n) is 13.5. The Morgan fingerprint density at radius 3 is 2.41 bits per heavy atom. The van der Waals surface area contributed by atoms with Crippen LogP contribution < -0.4 is 5.32 Å². The fourth-order valence-corrected chi connectivity index (χ4v) is 6.07. The van der Waals surface area contributed by atoms with Crippen LogP contribution in [0, 0.1) is 23.7 Å². The van der Waals surface area contributed by atoms with Gasteiger partial charge in [-0.3, -0.25) is 4.79 Å². The monoisotopic (exact) mass is 318 g/mol. The number of nitrogens with zero attached hydrogens (tertiary/aromatic N) is 1. The number of amides is 1. The van der Waals surface area contributed by atoms with Crippen molar-refractivity contribution in [1.29, 1.82) is 0 Å². The molecule has 0 aromatic carbocycles. The van der Waals surface area contributed by atoms with E-state index < -0.39 is 0 Å². The van der Waals surface area contributed by atoms with Crippen LogP contribution in [0.4, 0.5) is 0 Å². The normalized spacial score (nSPS) is 36.0. The summed E-state index contributed by atoms with van der Waals surface area (Å²) < 4.78 is 0. The number of nitrogens with one attached hydrogen (secondary N) is 1. The smallest absolute Gasteiger partial charge is 0.226 e. The Bertz CT molecular complexity index is 537. The Hall–Kier alpha value is -0.900.